The van der Waals surface area contributed by atoms with E-state index in [0.717, 1.165) is 42.7 Å². The molecular weight excluding hydrogens is 516 g/mol. The molecule has 6 rings (SSSR count). The zero-order valence-electron chi connectivity index (χ0n) is 22.7. The molecule has 0 unspecified atom stereocenters. The van der Waals surface area contributed by atoms with Gasteiger partial charge in [-0.05, 0) is 66.4 Å². The maximum absolute atomic E-state index is 13.4. The summed E-state index contributed by atoms with van der Waals surface area (Å²) in [6.45, 7) is 2.74. The number of amides is 3. The SMILES string of the molecule is O=C(NC1CCN(c2ccccc2C(=O)Nc2ccc3c(c2)CN(C(=O)Cn2cccn2)C3)CC1)c1ccccc1. The third-order valence-corrected chi connectivity index (χ3v) is 7.75. The molecule has 1 fully saturated rings. The van der Waals surface area contributed by atoms with Crippen LogP contribution in [0.4, 0.5) is 11.4 Å². The number of aromatic nitrogens is 2. The van der Waals surface area contributed by atoms with E-state index in [1.807, 2.05) is 72.8 Å². The summed E-state index contributed by atoms with van der Waals surface area (Å²) in [4.78, 5) is 42.7. The van der Waals surface area contributed by atoms with E-state index < -0.39 is 0 Å². The van der Waals surface area contributed by atoms with Gasteiger partial charge in [0.1, 0.15) is 6.54 Å². The summed E-state index contributed by atoms with van der Waals surface area (Å²) >= 11 is 0. The van der Waals surface area contributed by atoms with Gasteiger partial charge in [0.2, 0.25) is 5.91 Å². The molecule has 3 aromatic carbocycles. The van der Waals surface area contributed by atoms with E-state index in [4.69, 9.17) is 0 Å². The third kappa shape index (κ3) is 5.99. The number of para-hydroxylation sites is 1. The van der Waals surface area contributed by atoms with Gasteiger partial charge in [-0.3, -0.25) is 19.1 Å². The third-order valence-electron chi connectivity index (χ3n) is 7.75. The van der Waals surface area contributed by atoms with Crippen molar-refractivity contribution < 1.29 is 14.4 Å². The molecule has 2 aliphatic rings. The quantitative estimate of drug-likeness (QED) is 0.363. The van der Waals surface area contributed by atoms with Crippen molar-refractivity contribution in [1.29, 1.82) is 0 Å². The van der Waals surface area contributed by atoms with Crippen molar-refractivity contribution in [2.45, 2.75) is 38.5 Å². The lowest BCUT2D eigenvalue weighted by molar-refractivity contribution is -0.132. The second kappa shape index (κ2) is 11.7. The van der Waals surface area contributed by atoms with E-state index in [0.29, 0.717) is 29.9 Å². The monoisotopic (exact) mass is 548 g/mol. The Labute approximate surface area is 238 Å². The molecule has 0 spiro atoms. The van der Waals surface area contributed by atoms with Gasteiger partial charge in [0.15, 0.2) is 0 Å². The first-order chi connectivity index (χ1) is 20.0. The van der Waals surface area contributed by atoms with E-state index in [2.05, 4.69) is 20.6 Å². The number of fused-ring (bicyclic) bond motifs is 1. The summed E-state index contributed by atoms with van der Waals surface area (Å²) in [6.07, 6.45) is 5.04. The fourth-order valence-electron chi connectivity index (χ4n) is 5.54. The van der Waals surface area contributed by atoms with Crippen molar-refractivity contribution in [3.05, 3.63) is 114 Å². The number of nitrogens with zero attached hydrogens (tertiary/aromatic N) is 4. The second-order valence-corrected chi connectivity index (χ2v) is 10.5. The largest absolute Gasteiger partial charge is 0.371 e. The first-order valence-corrected chi connectivity index (χ1v) is 13.9. The van der Waals surface area contributed by atoms with Gasteiger partial charge in [-0.2, -0.15) is 5.10 Å². The van der Waals surface area contributed by atoms with Crippen LogP contribution in [0, 0.1) is 0 Å². The van der Waals surface area contributed by atoms with Crippen molar-refractivity contribution in [2.75, 3.05) is 23.3 Å². The molecule has 9 nitrogen and oxygen atoms in total. The number of carbonyl (C=O) groups excluding carboxylic acids is 3. The van der Waals surface area contributed by atoms with Gasteiger partial charge < -0.3 is 20.4 Å². The molecule has 3 amide bonds. The molecule has 4 aromatic rings. The highest BCUT2D eigenvalue weighted by Crippen LogP contribution is 2.28. The zero-order chi connectivity index (χ0) is 28.2. The Morgan fingerprint density at radius 2 is 1.59 bits per heavy atom. The Morgan fingerprint density at radius 3 is 2.37 bits per heavy atom. The topological polar surface area (TPSA) is 99.6 Å². The van der Waals surface area contributed by atoms with Crippen LogP contribution in [0.3, 0.4) is 0 Å². The number of anilines is 2. The minimum Gasteiger partial charge on any atom is -0.371 e. The number of hydrogen-bond donors (Lipinski definition) is 2. The maximum atomic E-state index is 13.4. The van der Waals surface area contributed by atoms with Crippen LogP contribution in [0.15, 0.2) is 91.3 Å². The first-order valence-electron chi connectivity index (χ1n) is 13.9. The molecule has 1 aromatic heterocycles. The van der Waals surface area contributed by atoms with Gasteiger partial charge in [-0.1, -0.05) is 36.4 Å². The van der Waals surface area contributed by atoms with Crippen LogP contribution >= 0.6 is 0 Å². The highest BCUT2D eigenvalue weighted by molar-refractivity contribution is 6.08. The number of benzene rings is 3. The van der Waals surface area contributed by atoms with Gasteiger partial charge in [0, 0.05) is 61.6 Å². The smallest absolute Gasteiger partial charge is 0.257 e. The molecule has 3 heterocycles. The summed E-state index contributed by atoms with van der Waals surface area (Å²) in [5, 5.41) is 10.3. The molecule has 2 N–H and O–H groups in total. The number of rotatable bonds is 7. The second-order valence-electron chi connectivity index (χ2n) is 10.5. The molecule has 0 atom stereocenters. The average molecular weight is 549 g/mol. The molecule has 2 aliphatic heterocycles. The van der Waals surface area contributed by atoms with Crippen molar-refractivity contribution in [3.8, 4) is 0 Å². The zero-order valence-corrected chi connectivity index (χ0v) is 22.7. The number of hydrogen-bond acceptors (Lipinski definition) is 5. The summed E-state index contributed by atoms with van der Waals surface area (Å²) in [5.41, 5.74) is 4.97. The highest BCUT2D eigenvalue weighted by atomic mass is 16.2. The number of piperidine rings is 1. The lowest BCUT2D eigenvalue weighted by atomic mass is 10.0. The molecule has 0 bridgehead atoms. The van der Waals surface area contributed by atoms with Gasteiger partial charge in [0.05, 0.1) is 5.56 Å². The molecule has 0 aliphatic carbocycles. The van der Waals surface area contributed by atoms with Crippen LogP contribution < -0.4 is 15.5 Å². The van der Waals surface area contributed by atoms with Gasteiger partial charge >= 0.3 is 0 Å². The van der Waals surface area contributed by atoms with E-state index >= 15 is 0 Å². The first kappa shape index (κ1) is 26.3. The Kier molecular flexibility index (Phi) is 7.49. The average Bonchev–Trinajstić information content (AvgIpc) is 3.68. The molecular formula is C32H32N6O3. The Balaban J connectivity index is 1.07. The van der Waals surface area contributed by atoms with E-state index in [-0.39, 0.29) is 30.3 Å². The summed E-state index contributed by atoms with van der Waals surface area (Å²) in [7, 11) is 0. The predicted octanol–water partition coefficient (Wildman–Crippen LogP) is 4.08. The van der Waals surface area contributed by atoms with Gasteiger partial charge in [-0.25, -0.2) is 0 Å². The molecule has 1 saturated heterocycles. The normalized spacial score (nSPS) is 14.9. The van der Waals surface area contributed by atoms with Crippen molar-refractivity contribution >= 4 is 29.1 Å². The van der Waals surface area contributed by atoms with Gasteiger partial charge in [-0.15, -0.1) is 0 Å². The van der Waals surface area contributed by atoms with E-state index in [9.17, 15) is 14.4 Å². The summed E-state index contributed by atoms with van der Waals surface area (Å²) < 4.78 is 1.62. The van der Waals surface area contributed by atoms with Crippen LogP contribution in [0.2, 0.25) is 0 Å². The summed E-state index contributed by atoms with van der Waals surface area (Å²) in [6, 6.07) is 24.6. The van der Waals surface area contributed by atoms with Crippen molar-refractivity contribution in [2.24, 2.45) is 0 Å². The van der Waals surface area contributed by atoms with Crippen LogP contribution in [0.1, 0.15) is 44.7 Å². The standard InChI is InChI=1S/C32H32N6O3/c39-30(22-38-16-6-15-33-38)37-20-24-11-12-27(19-25(24)21-37)35-32(41)28-9-4-5-10-29(28)36-17-13-26(14-18-36)34-31(40)23-7-2-1-3-8-23/h1-12,15-16,19,26H,13-14,17-18,20-22H2,(H,34,40)(H,35,41). The predicted molar refractivity (Wildman–Crippen MR) is 156 cm³/mol. The maximum Gasteiger partial charge on any atom is 0.257 e. The Bertz CT molecular complexity index is 1540. The summed E-state index contributed by atoms with van der Waals surface area (Å²) in [5.74, 6) is -0.221. The molecule has 41 heavy (non-hydrogen) atoms. The lowest BCUT2D eigenvalue weighted by Gasteiger charge is -2.35. The fourth-order valence-corrected chi connectivity index (χ4v) is 5.54. The van der Waals surface area contributed by atoms with Crippen LogP contribution in [-0.2, 0) is 24.4 Å². The number of nitrogens with one attached hydrogen (secondary N) is 2. The fraction of sp³-hybridized carbons (Fsp3) is 0.250. The minimum atomic E-state index is -0.176. The lowest BCUT2D eigenvalue weighted by Crippen LogP contribution is -2.45. The Morgan fingerprint density at radius 1 is 0.829 bits per heavy atom. The molecule has 9 heteroatoms. The van der Waals surface area contributed by atoms with Crippen molar-refractivity contribution in [3.63, 3.8) is 0 Å². The minimum absolute atomic E-state index is 0.00724. The molecule has 0 saturated carbocycles. The van der Waals surface area contributed by atoms with Crippen LogP contribution in [-0.4, -0.2) is 51.5 Å². The van der Waals surface area contributed by atoms with E-state index in [1.54, 1.807) is 28.0 Å². The van der Waals surface area contributed by atoms with Crippen LogP contribution in [0.5, 0.6) is 0 Å². The number of carbonyl (C=O) groups is 3. The van der Waals surface area contributed by atoms with E-state index in [1.165, 1.54) is 0 Å². The molecule has 0 radical (unpaired) electrons. The van der Waals surface area contributed by atoms with Crippen LogP contribution in [0.25, 0.3) is 0 Å². The highest BCUT2D eigenvalue weighted by Gasteiger charge is 2.26. The van der Waals surface area contributed by atoms with Crippen molar-refractivity contribution in [1.82, 2.24) is 20.0 Å². The Hall–Kier alpha value is -4.92. The van der Waals surface area contributed by atoms with Gasteiger partial charge in [0.25, 0.3) is 11.8 Å². The molecule has 208 valence electrons.